The van der Waals surface area contributed by atoms with Crippen molar-refractivity contribution in [1.29, 1.82) is 5.26 Å². The van der Waals surface area contributed by atoms with Crippen molar-refractivity contribution < 1.29 is 22.8 Å². The molecule has 0 atom stereocenters. The Morgan fingerprint density at radius 3 is 2.56 bits per heavy atom. The molecule has 8 heteroatoms. The number of nitro groups is 1. The van der Waals surface area contributed by atoms with Gasteiger partial charge in [0.05, 0.1) is 16.6 Å². The van der Waals surface area contributed by atoms with Gasteiger partial charge >= 0.3 is 12.3 Å². The maximum absolute atomic E-state index is 13.1. The van der Waals surface area contributed by atoms with Crippen LogP contribution in [0.2, 0.25) is 0 Å². The van der Waals surface area contributed by atoms with Crippen LogP contribution in [-0.4, -0.2) is 11.5 Å². The molecule has 0 spiro atoms. The van der Waals surface area contributed by atoms with E-state index in [0.29, 0.717) is 12.1 Å². The smallest absolute Gasteiger partial charge is 0.387 e. The van der Waals surface area contributed by atoms with E-state index in [0.717, 1.165) is 0 Å². The number of ether oxygens (including phenoxy) is 1. The summed E-state index contributed by atoms with van der Waals surface area (Å²) in [6.45, 7) is -3.34. The SMILES string of the molecule is N#Cc1cc(F)c([N+](=O)[O-])c(OC(F)F)c1. The van der Waals surface area contributed by atoms with Crippen molar-refractivity contribution in [3.63, 3.8) is 0 Å². The van der Waals surface area contributed by atoms with E-state index in [9.17, 15) is 23.3 Å². The van der Waals surface area contributed by atoms with E-state index < -0.39 is 28.8 Å². The summed E-state index contributed by atoms with van der Waals surface area (Å²) < 4.78 is 40.6. The van der Waals surface area contributed by atoms with Gasteiger partial charge in [-0.2, -0.15) is 18.4 Å². The van der Waals surface area contributed by atoms with E-state index in [1.54, 1.807) is 0 Å². The Hall–Kier alpha value is -2.30. The van der Waals surface area contributed by atoms with Crippen LogP contribution in [0.15, 0.2) is 12.1 Å². The van der Waals surface area contributed by atoms with Crippen LogP contribution >= 0.6 is 0 Å². The van der Waals surface area contributed by atoms with Gasteiger partial charge in [0.15, 0.2) is 0 Å². The van der Waals surface area contributed by atoms with Gasteiger partial charge in [-0.3, -0.25) is 10.1 Å². The molecule has 0 radical (unpaired) electrons. The molecule has 0 amide bonds. The summed E-state index contributed by atoms with van der Waals surface area (Å²) in [4.78, 5) is 9.18. The van der Waals surface area contributed by atoms with Crippen LogP contribution in [0.25, 0.3) is 0 Å². The second-order valence-electron chi connectivity index (χ2n) is 2.55. The second kappa shape index (κ2) is 4.48. The minimum absolute atomic E-state index is 0.348. The Morgan fingerprint density at radius 1 is 1.50 bits per heavy atom. The Bertz CT molecular complexity index is 470. The van der Waals surface area contributed by atoms with Crippen LogP contribution in [0.4, 0.5) is 18.9 Å². The normalized spacial score (nSPS) is 9.94. The van der Waals surface area contributed by atoms with Gasteiger partial charge in [-0.05, 0) is 6.07 Å². The topological polar surface area (TPSA) is 76.2 Å². The van der Waals surface area contributed by atoms with Gasteiger partial charge in [0.25, 0.3) is 0 Å². The van der Waals surface area contributed by atoms with Gasteiger partial charge in [0, 0.05) is 6.07 Å². The van der Waals surface area contributed by atoms with Crippen molar-refractivity contribution in [3.05, 3.63) is 33.6 Å². The zero-order chi connectivity index (χ0) is 12.3. The van der Waals surface area contributed by atoms with Gasteiger partial charge in [0.2, 0.25) is 11.6 Å². The third-order valence-corrected chi connectivity index (χ3v) is 1.56. The van der Waals surface area contributed by atoms with Crippen molar-refractivity contribution in [2.24, 2.45) is 0 Å². The first-order valence-electron chi connectivity index (χ1n) is 3.78. The molecule has 0 heterocycles. The molecule has 1 aromatic rings. The first-order valence-corrected chi connectivity index (χ1v) is 3.78. The Balaban J connectivity index is 3.35. The van der Waals surface area contributed by atoms with Crippen molar-refractivity contribution in [2.75, 3.05) is 0 Å². The monoisotopic (exact) mass is 232 g/mol. The van der Waals surface area contributed by atoms with E-state index in [2.05, 4.69) is 4.74 Å². The first kappa shape index (κ1) is 11.8. The van der Waals surface area contributed by atoms with E-state index in [1.165, 1.54) is 6.07 Å². The van der Waals surface area contributed by atoms with E-state index in [1.807, 2.05) is 0 Å². The fraction of sp³-hybridized carbons (Fsp3) is 0.125. The highest BCUT2D eigenvalue weighted by atomic mass is 19.3. The number of rotatable bonds is 3. The summed E-state index contributed by atoms with van der Waals surface area (Å²) in [5, 5.41) is 18.8. The Morgan fingerprint density at radius 2 is 2.12 bits per heavy atom. The van der Waals surface area contributed by atoms with Crippen LogP contribution in [0.1, 0.15) is 5.56 Å². The molecule has 0 saturated heterocycles. The average molecular weight is 232 g/mol. The van der Waals surface area contributed by atoms with Gasteiger partial charge < -0.3 is 4.74 Å². The summed E-state index contributed by atoms with van der Waals surface area (Å²) in [5.41, 5.74) is -1.57. The van der Waals surface area contributed by atoms with E-state index in [4.69, 9.17) is 5.26 Å². The molecule has 16 heavy (non-hydrogen) atoms. The minimum Gasteiger partial charge on any atom is -0.427 e. The molecule has 0 saturated carbocycles. The van der Waals surface area contributed by atoms with Gasteiger partial charge in [0.1, 0.15) is 0 Å². The van der Waals surface area contributed by atoms with Crippen LogP contribution in [0.5, 0.6) is 5.75 Å². The van der Waals surface area contributed by atoms with Crippen molar-refractivity contribution in [3.8, 4) is 11.8 Å². The first-order chi connectivity index (χ1) is 7.45. The molecule has 0 aromatic heterocycles. The summed E-state index contributed by atoms with van der Waals surface area (Å²) >= 11 is 0. The summed E-state index contributed by atoms with van der Waals surface area (Å²) in [5.74, 6) is -2.38. The number of nitriles is 1. The molecule has 0 aliphatic rings. The van der Waals surface area contributed by atoms with Crippen LogP contribution in [0.3, 0.4) is 0 Å². The lowest BCUT2D eigenvalue weighted by molar-refractivity contribution is -0.389. The minimum atomic E-state index is -3.34. The number of halogens is 3. The average Bonchev–Trinajstić information content (AvgIpc) is 2.14. The highest BCUT2D eigenvalue weighted by Crippen LogP contribution is 2.32. The molecule has 0 unspecified atom stereocenters. The number of hydrogen-bond acceptors (Lipinski definition) is 4. The van der Waals surface area contributed by atoms with E-state index >= 15 is 0 Å². The zero-order valence-electron chi connectivity index (χ0n) is 7.49. The summed E-state index contributed by atoms with van der Waals surface area (Å²) in [7, 11) is 0. The zero-order valence-corrected chi connectivity index (χ0v) is 7.49. The number of benzene rings is 1. The lowest BCUT2D eigenvalue weighted by atomic mass is 10.2. The quantitative estimate of drug-likeness (QED) is 0.591. The molecule has 1 aromatic carbocycles. The molecule has 1 rings (SSSR count). The fourth-order valence-electron chi connectivity index (χ4n) is 1.00. The molecule has 0 aliphatic carbocycles. The van der Waals surface area contributed by atoms with Gasteiger partial charge in [-0.1, -0.05) is 0 Å². The number of nitro benzene ring substituents is 1. The Labute approximate surface area is 86.8 Å². The molecule has 0 aliphatic heterocycles. The molecule has 0 bridgehead atoms. The lowest BCUT2D eigenvalue weighted by Gasteiger charge is -2.05. The van der Waals surface area contributed by atoms with Crippen LogP contribution in [0, 0.1) is 27.3 Å². The molecule has 84 valence electrons. The van der Waals surface area contributed by atoms with Crippen molar-refractivity contribution >= 4 is 5.69 Å². The molecular formula is C8H3F3N2O3. The van der Waals surface area contributed by atoms with Crippen LogP contribution < -0.4 is 4.74 Å². The number of nitrogens with zero attached hydrogens (tertiary/aromatic N) is 2. The molecule has 0 fully saturated rings. The Kier molecular flexibility index (Phi) is 3.30. The third-order valence-electron chi connectivity index (χ3n) is 1.56. The second-order valence-corrected chi connectivity index (χ2v) is 2.55. The van der Waals surface area contributed by atoms with Crippen molar-refractivity contribution in [1.82, 2.24) is 0 Å². The largest absolute Gasteiger partial charge is 0.427 e. The van der Waals surface area contributed by atoms with Gasteiger partial charge in [-0.25, -0.2) is 0 Å². The van der Waals surface area contributed by atoms with Crippen LogP contribution in [-0.2, 0) is 0 Å². The number of hydrogen-bond donors (Lipinski definition) is 0. The predicted octanol–water partition coefficient (Wildman–Crippen LogP) is 2.21. The van der Waals surface area contributed by atoms with E-state index in [-0.39, 0.29) is 5.56 Å². The maximum Gasteiger partial charge on any atom is 0.387 e. The van der Waals surface area contributed by atoms with Gasteiger partial charge in [-0.15, -0.1) is 0 Å². The highest BCUT2D eigenvalue weighted by molar-refractivity contribution is 5.52. The van der Waals surface area contributed by atoms with Crippen molar-refractivity contribution in [2.45, 2.75) is 6.61 Å². The predicted molar refractivity (Wildman–Crippen MR) is 44.4 cm³/mol. The highest BCUT2D eigenvalue weighted by Gasteiger charge is 2.25. The fourth-order valence-corrected chi connectivity index (χ4v) is 1.00. The molecular weight excluding hydrogens is 229 g/mol. The molecule has 5 nitrogen and oxygen atoms in total. The summed E-state index contributed by atoms with van der Waals surface area (Å²) in [6, 6.07) is 2.70. The lowest BCUT2D eigenvalue weighted by Crippen LogP contribution is -2.06. The standard InChI is InChI=1S/C8H3F3N2O3/c9-5-1-4(3-12)2-6(16-8(10)11)7(5)13(14)15/h1-2,8H. The third kappa shape index (κ3) is 2.38. The number of alkyl halides is 2. The maximum atomic E-state index is 13.1. The molecule has 0 N–H and O–H groups in total. The summed E-state index contributed by atoms with van der Waals surface area (Å²) in [6.07, 6.45) is 0.